The van der Waals surface area contributed by atoms with Crippen LogP contribution in [0.4, 0.5) is 0 Å². The lowest BCUT2D eigenvalue weighted by atomic mass is 10.1. The minimum atomic E-state index is 0.873. The Labute approximate surface area is 135 Å². The van der Waals surface area contributed by atoms with Crippen molar-refractivity contribution in [1.29, 1.82) is 0 Å². The molecule has 5 rings (SSSR count). The van der Waals surface area contributed by atoms with Gasteiger partial charge in [-0.2, -0.15) is 0 Å². The molecule has 0 spiro atoms. The molecule has 0 saturated heterocycles. The minimum Gasteiger partial charge on any atom is -0.254 e. The highest BCUT2D eigenvalue weighted by atomic mass is 32.1. The topological polar surface area (TPSA) is 51.6 Å². The maximum absolute atomic E-state index is 4.78. The first-order chi connectivity index (χ1) is 11.4. The molecule has 4 heterocycles. The number of nitrogens with zero attached hydrogens (tertiary/aromatic N) is 4. The molecule has 4 aromatic heterocycles. The van der Waals surface area contributed by atoms with Gasteiger partial charge in [-0.15, -0.1) is 11.3 Å². The van der Waals surface area contributed by atoms with Crippen LogP contribution in [0.15, 0.2) is 61.2 Å². The Kier molecular flexibility index (Phi) is 2.63. The molecule has 4 nitrogen and oxygen atoms in total. The monoisotopic (exact) mass is 314 g/mol. The molecule has 0 bridgehead atoms. The number of aromatic nitrogens is 4. The molecule has 0 N–H and O–H groups in total. The fourth-order valence-electron chi connectivity index (χ4n) is 2.86. The second-order valence-corrected chi connectivity index (χ2v) is 6.30. The van der Waals surface area contributed by atoms with E-state index in [0.717, 1.165) is 42.6 Å². The van der Waals surface area contributed by atoms with Crippen LogP contribution in [0.5, 0.6) is 0 Å². The molecular weight excluding hydrogens is 304 g/mol. The van der Waals surface area contributed by atoms with Gasteiger partial charge in [0.2, 0.25) is 0 Å². The summed E-state index contributed by atoms with van der Waals surface area (Å²) in [4.78, 5) is 18.9. The van der Waals surface area contributed by atoms with Crippen LogP contribution in [0.2, 0.25) is 0 Å². The second kappa shape index (κ2) is 4.79. The normalized spacial score (nSPS) is 11.5. The number of fused-ring (bicyclic) bond motifs is 4. The average molecular weight is 314 g/mol. The fraction of sp³-hybridized carbons (Fsp3) is 0. The Balaban J connectivity index is 1.87. The third kappa shape index (κ3) is 1.90. The number of benzene rings is 1. The predicted octanol–water partition coefficient (Wildman–Crippen LogP) is 4.45. The summed E-state index contributed by atoms with van der Waals surface area (Å²) in [6.45, 7) is 0. The van der Waals surface area contributed by atoms with E-state index in [1.807, 2.05) is 42.7 Å². The zero-order valence-corrected chi connectivity index (χ0v) is 12.8. The summed E-state index contributed by atoms with van der Waals surface area (Å²) in [5.41, 5.74) is 2.73. The van der Waals surface area contributed by atoms with E-state index in [4.69, 9.17) is 4.98 Å². The van der Waals surface area contributed by atoms with Crippen molar-refractivity contribution in [2.45, 2.75) is 0 Å². The standard InChI is InChI=1S/C18H10N4S/c1-2-4-13-11(3-1)5-6-14(22-13)17-16-12-9-19-10-21-18(12)23-15(16)7-8-20-17/h1-10H. The van der Waals surface area contributed by atoms with E-state index in [1.54, 1.807) is 17.7 Å². The molecule has 1 aromatic carbocycles. The third-order valence-electron chi connectivity index (χ3n) is 3.91. The van der Waals surface area contributed by atoms with Crippen LogP contribution in [0.25, 0.3) is 42.6 Å². The minimum absolute atomic E-state index is 0.873. The number of pyridine rings is 2. The summed E-state index contributed by atoms with van der Waals surface area (Å²) in [6.07, 6.45) is 5.27. The lowest BCUT2D eigenvalue weighted by Crippen LogP contribution is -1.89. The van der Waals surface area contributed by atoms with Gasteiger partial charge in [-0.25, -0.2) is 15.0 Å². The Morgan fingerprint density at radius 3 is 2.87 bits per heavy atom. The number of rotatable bonds is 1. The molecule has 0 radical (unpaired) electrons. The molecule has 0 unspecified atom stereocenters. The third-order valence-corrected chi connectivity index (χ3v) is 4.98. The second-order valence-electron chi connectivity index (χ2n) is 5.27. The van der Waals surface area contributed by atoms with Gasteiger partial charge in [0.1, 0.15) is 11.2 Å². The van der Waals surface area contributed by atoms with Crippen LogP contribution < -0.4 is 0 Å². The summed E-state index contributed by atoms with van der Waals surface area (Å²) in [5.74, 6) is 0. The highest BCUT2D eigenvalue weighted by molar-refractivity contribution is 7.25. The highest BCUT2D eigenvalue weighted by Gasteiger charge is 2.14. The molecule has 0 aliphatic carbocycles. The number of hydrogen-bond acceptors (Lipinski definition) is 5. The van der Waals surface area contributed by atoms with E-state index in [1.165, 1.54) is 0 Å². The lowest BCUT2D eigenvalue weighted by Gasteiger charge is -2.04. The van der Waals surface area contributed by atoms with Gasteiger partial charge in [-0.05, 0) is 18.2 Å². The first-order valence-corrected chi connectivity index (χ1v) is 8.05. The van der Waals surface area contributed by atoms with Crippen molar-refractivity contribution in [1.82, 2.24) is 19.9 Å². The largest absolute Gasteiger partial charge is 0.254 e. The lowest BCUT2D eigenvalue weighted by molar-refractivity contribution is 1.23. The summed E-state index contributed by atoms with van der Waals surface area (Å²) in [5, 5.41) is 3.24. The van der Waals surface area contributed by atoms with E-state index in [0.29, 0.717) is 0 Å². The highest BCUT2D eigenvalue weighted by Crippen LogP contribution is 2.37. The van der Waals surface area contributed by atoms with E-state index < -0.39 is 0 Å². The van der Waals surface area contributed by atoms with Crippen molar-refractivity contribution in [2.75, 3.05) is 0 Å². The van der Waals surface area contributed by atoms with E-state index in [9.17, 15) is 0 Å². The van der Waals surface area contributed by atoms with Crippen molar-refractivity contribution >= 4 is 42.5 Å². The van der Waals surface area contributed by atoms with Crippen LogP contribution >= 0.6 is 11.3 Å². The smallest absolute Gasteiger partial charge is 0.127 e. The zero-order chi connectivity index (χ0) is 15.2. The Bertz CT molecular complexity index is 1180. The molecule has 0 fully saturated rings. The van der Waals surface area contributed by atoms with Gasteiger partial charge in [-0.3, -0.25) is 4.98 Å². The van der Waals surface area contributed by atoms with Crippen molar-refractivity contribution in [3.8, 4) is 11.4 Å². The summed E-state index contributed by atoms with van der Waals surface area (Å²) in [6, 6.07) is 14.2. The number of para-hydroxylation sites is 1. The number of thiophene rings is 1. The molecule has 0 atom stereocenters. The molecule has 5 aromatic rings. The van der Waals surface area contributed by atoms with Crippen molar-refractivity contribution in [3.05, 3.63) is 61.2 Å². The molecule has 0 aliphatic rings. The van der Waals surface area contributed by atoms with Crippen molar-refractivity contribution < 1.29 is 0 Å². The first kappa shape index (κ1) is 12.6. The number of hydrogen-bond donors (Lipinski definition) is 0. The molecular formula is C18H10N4S. The Morgan fingerprint density at radius 2 is 1.87 bits per heavy atom. The van der Waals surface area contributed by atoms with Crippen molar-refractivity contribution in [3.63, 3.8) is 0 Å². The van der Waals surface area contributed by atoms with Gasteiger partial charge in [-0.1, -0.05) is 24.3 Å². The summed E-state index contributed by atoms with van der Waals surface area (Å²) < 4.78 is 1.15. The van der Waals surface area contributed by atoms with Gasteiger partial charge >= 0.3 is 0 Å². The average Bonchev–Trinajstić information content (AvgIpc) is 3.00. The molecule has 0 saturated carbocycles. The molecule has 0 amide bonds. The van der Waals surface area contributed by atoms with Crippen LogP contribution in [0, 0.1) is 0 Å². The van der Waals surface area contributed by atoms with E-state index >= 15 is 0 Å². The maximum Gasteiger partial charge on any atom is 0.127 e. The van der Waals surface area contributed by atoms with Gasteiger partial charge in [0.15, 0.2) is 0 Å². The quantitative estimate of drug-likeness (QED) is 0.458. The zero-order valence-electron chi connectivity index (χ0n) is 12.0. The van der Waals surface area contributed by atoms with Crippen LogP contribution in [-0.2, 0) is 0 Å². The fourth-order valence-corrected chi connectivity index (χ4v) is 3.87. The first-order valence-electron chi connectivity index (χ1n) is 7.23. The summed E-state index contributed by atoms with van der Waals surface area (Å²) in [7, 11) is 0. The van der Waals surface area contributed by atoms with E-state index in [2.05, 4.69) is 27.1 Å². The Morgan fingerprint density at radius 1 is 0.913 bits per heavy atom. The van der Waals surface area contributed by atoms with Gasteiger partial charge in [0.25, 0.3) is 0 Å². The molecule has 23 heavy (non-hydrogen) atoms. The maximum atomic E-state index is 4.78. The summed E-state index contributed by atoms with van der Waals surface area (Å²) >= 11 is 1.66. The van der Waals surface area contributed by atoms with Crippen LogP contribution in [0.3, 0.4) is 0 Å². The SMILES string of the molecule is c1ccc2nc(-c3nccc4sc5ncncc5c34)ccc2c1. The molecule has 0 aliphatic heterocycles. The van der Waals surface area contributed by atoms with Crippen LogP contribution in [-0.4, -0.2) is 19.9 Å². The molecule has 108 valence electrons. The van der Waals surface area contributed by atoms with E-state index in [-0.39, 0.29) is 0 Å². The van der Waals surface area contributed by atoms with Gasteiger partial charge in [0, 0.05) is 33.3 Å². The Hall–Kier alpha value is -2.92. The van der Waals surface area contributed by atoms with Gasteiger partial charge in [0.05, 0.1) is 16.9 Å². The van der Waals surface area contributed by atoms with Crippen LogP contribution in [0.1, 0.15) is 0 Å². The van der Waals surface area contributed by atoms with Gasteiger partial charge < -0.3 is 0 Å². The van der Waals surface area contributed by atoms with Crippen molar-refractivity contribution in [2.24, 2.45) is 0 Å². The molecule has 5 heteroatoms. The predicted molar refractivity (Wildman–Crippen MR) is 93.5 cm³/mol.